The highest BCUT2D eigenvalue weighted by atomic mass is 19.1. The van der Waals surface area contributed by atoms with Gasteiger partial charge in [0.15, 0.2) is 0 Å². The van der Waals surface area contributed by atoms with Gasteiger partial charge in [-0.25, -0.2) is 18.4 Å². The number of halogens is 2. The molecular formula is C18H21F2NO5. The summed E-state index contributed by atoms with van der Waals surface area (Å²) in [7, 11) is 1.14. The van der Waals surface area contributed by atoms with Crippen molar-refractivity contribution >= 4 is 12.1 Å². The number of aliphatic hydroxyl groups is 1. The maximum Gasteiger partial charge on any atom is 0.411 e. The van der Waals surface area contributed by atoms with Gasteiger partial charge in [0.2, 0.25) is 0 Å². The van der Waals surface area contributed by atoms with Gasteiger partial charge in [-0.1, -0.05) is 0 Å². The highest BCUT2D eigenvalue weighted by molar-refractivity contribution is 5.90. The van der Waals surface area contributed by atoms with Crippen LogP contribution in [-0.2, 0) is 14.3 Å². The lowest BCUT2D eigenvalue weighted by molar-refractivity contribution is -0.136. The number of amides is 1. The standard InChI is InChI=1S/C18H21F2NO5/c1-18(2,3)26-17(24)21-9-12(16(23)25-4)15(22)8-14(21)11-7-10(19)5-6-13(11)20/h5-7,14,22H,8-9H2,1-4H3/t14-/m0/s1. The van der Waals surface area contributed by atoms with Crippen molar-refractivity contribution in [2.75, 3.05) is 13.7 Å². The van der Waals surface area contributed by atoms with Crippen LogP contribution in [0.15, 0.2) is 29.5 Å². The molecule has 1 aliphatic heterocycles. The number of hydrogen-bond donors (Lipinski definition) is 1. The van der Waals surface area contributed by atoms with Gasteiger partial charge in [-0.3, -0.25) is 4.90 Å². The summed E-state index contributed by atoms with van der Waals surface area (Å²) in [6, 6.07) is 1.81. The molecule has 1 N–H and O–H groups in total. The van der Waals surface area contributed by atoms with Crippen LogP contribution < -0.4 is 0 Å². The number of ether oxygens (including phenoxy) is 2. The molecule has 0 unspecified atom stereocenters. The molecule has 8 heteroatoms. The van der Waals surface area contributed by atoms with Gasteiger partial charge in [0.1, 0.15) is 23.0 Å². The summed E-state index contributed by atoms with van der Waals surface area (Å²) in [5.74, 6) is -2.58. The third-order valence-electron chi connectivity index (χ3n) is 3.82. The topological polar surface area (TPSA) is 76.1 Å². The van der Waals surface area contributed by atoms with Crippen molar-refractivity contribution in [2.24, 2.45) is 0 Å². The number of aliphatic hydroxyl groups excluding tert-OH is 1. The molecule has 0 saturated carbocycles. The second kappa shape index (κ2) is 7.31. The van der Waals surface area contributed by atoms with Crippen LogP contribution in [0.25, 0.3) is 0 Å². The Morgan fingerprint density at radius 1 is 1.27 bits per heavy atom. The van der Waals surface area contributed by atoms with E-state index in [1.54, 1.807) is 20.8 Å². The summed E-state index contributed by atoms with van der Waals surface area (Å²) < 4.78 is 37.8. The van der Waals surface area contributed by atoms with Crippen molar-refractivity contribution in [2.45, 2.75) is 38.8 Å². The fourth-order valence-corrected chi connectivity index (χ4v) is 2.65. The number of nitrogens with zero attached hydrogens (tertiary/aromatic N) is 1. The van der Waals surface area contributed by atoms with Crippen LogP contribution in [0.1, 0.15) is 38.8 Å². The van der Waals surface area contributed by atoms with Crippen LogP contribution in [0.2, 0.25) is 0 Å². The lowest BCUT2D eigenvalue weighted by atomic mass is 9.94. The van der Waals surface area contributed by atoms with Crippen molar-refractivity contribution in [3.63, 3.8) is 0 Å². The third kappa shape index (κ3) is 4.30. The molecule has 0 saturated heterocycles. The lowest BCUT2D eigenvalue weighted by Gasteiger charge is -2.37. The zero-order valence-electron chi connectivity index (χ0n) is 15.0. The third-order valence-corrected chi connectivity index (χ3v) is 3.82. The van der Waals surface area contributed by atoms with Crippen LogP contribution in [0, 0.1) is 11.6 Å². The zero-order valence-corrected chi connectivity index (χ0v) is 15.0. The summed E-state index contributed by atoms with van der Waals surface area (Å²) in [6.07, 6.45) is -1.09. The van der Waals surface area contributed by atoms with E-state index in [9.17, 15) is 23.5 Å². The minimum absolute atomic E-state index is 0.119. The largest absolute Gasteiger partial charge is 0.512 e. The van der Waals surface area contributed by atoms with E-state index >= 15 is 0 Å². The first-order chi connectivity index (χ1) is 12.0. The van der Waals surface area contributed by atoms with E-state index in [0.29, 0.717) is 0 Å². The quantitative estimate of drug-likeness (QED) is 0.806. The normalized spacial score (nSPS) is 17.9. The van der Waals surface area contributed by atoms with E-state index in [4.69, 9.17) is 4.74 Å². The predicted molar refractivity (Wildman–Crippen MR) is 88.3 cm³/mol. The minimum Gasteiger partial charge on any atom is -0.512 e. The number of carbonyl (C=O) groups is 2. The number of methoxy groups -OCH3 is 1. The van der Waals surface area contributed by atoms with E-state index in [-0.39, 0.29) is 29.9 Å². The molecular weight excluding hydrogens is 348 g/mol. The summed E-state index contributed by atoms with van der Waals surface area (Å²) in [5, 5.41) is 10.2. The Hall–Kier alpha value is -2.64. The maximum absolute atomic E-state index is 14.2. The number of hydrogen-bond acceptors (Lipinski definition) is 5. The SMILES string of the molecule is COC(=O)C1=C(O)C[C@@H](c2cc(F)ccc2F)N(C(=O)OC(C)(C)C)C1. The minimum atomic E-state index is -1.03. The van der Waals surface area contributed by atoms with Gasteiger partial charge in [-0.2, -0.15) is 0 Å². The highest BCUT2D eigenvalue weighted by Crippen LogP contribution is 2.36. The van der Waals surface area contributed by atoms with Crippen molar-refractivity contribution in [1.29, 1.82) is 0 Å². The molecule has 2 rings (SSSR count). The Balaban J connectivity index is 2.48. The summed E-state index contributed by atoms with van der Waals surface area (Å²) in [5.41, 5.74) is -1.09. The van der Waals surface area contributed by atoms with E-state index < -0.39 is 35.3 Å². The monoisotopic (exact) mass is 369 g/mol. The van der Waals surface area contributed by atoms with E-state index in [2.05, 4.69) is 4.74 Å². The molecule has 1 aromatic carbocycles. The fourth-order valence-electron chi connectivity index (χ4n) is 2.65. The fraction of sp³-hybridized carbons (Fsp3) is 0.444. The Kier molecular flexibility index (Phi) is 5.53. The smallest absolute Gasteiger partial charge is 0.411 e. The van der Waals surface area contributed by atoms with Gasteiger partial charge >= 0.3 is 12.1 Å². The van der Waals surface area contributed by atoms with Crippen molar-refractivity contribution < 1.29 is 33.0 Å². The van der Waals surface area contributed by atoms with Crippen LogP contribution in [-0.4, -0.2) is 41.3 Å². The first kappa shape index (κ1) is 19.7. The summed E-state index contributed by atoms with van der Waals surface area (Å²) in [4.78, 5) is 25.5. The molecule has 0 spiro atoms. The molecule has 1 amide bonds. The molecule has 1 aliphatic rings. The second-order valence-corrected chi connectivity index (χ2v) is 6.91. The molecule has 6 nitrogen and oxygen atoms in total. The Bertz CT molecular complexity index is 754. The zero-order chi connectivity index (χ0) is 19.6. The van der Waals surface area contributed by atoms with Gasteiger partial charge in [0.05, 0.1) is 25.3 Å². The summed E-state index contributed by atoms with van der Waals surface area (Å²) in [6.45, 7) is 4.61. The predicted octanol–water partition coefficient (Wildman–Crippen LogP) is 3.63. The second-order valence-electron chi connectivity index (χ2n) is 6.91. The van der Waals surface area contributed by atoms with Crippen molar-refractivity contribution in [1.82, 2.24) is 4.90 Å². The Morgan fingerprint density at radius 2 is 1.92 bits per heavy atom. The molecule has 0 fully saturated rings. The molecule has 0 bridgehead atoms. The van der Waals surface area contributed by atoms with Gasteiger partial charge < -0.3 is 14.6 Å². The molecule has 26 heavy (non-hydrogen) atoms. The van der Waals surface area contributed by atoms with Gasteiger partial charge in [-0.15, -0.1) is 0 Å². The highest BCUT2D eigenvalue weighted by Gasteiger charge is 2.38. The Morgan fingerprint density at radius 3 is 2.50 bits per heavy atom. The maximum atomic E-state index is 14.2. The molecule has 0 aromatic heterocycles. The number of esters is 1. The lowest BCUT2D eigenvalue weighted by Crippen LogP contribution is -2.44. The van der Waals surface area contributed by atoms with Crippen molar-refractivity contribution in [3.05, 3.63) is 46.7 Å². The number of benzene rings is 1. The van der Waals surface area contributed by atoms with Crippen LogP contribution >= 0.6 is 0 Å². The van der Waals surface area contributed by atoms with Gasteiger partial charge in [0.25, 0.3) is 0 Å². The van der Waals surface area contributed by atoms with Crippen molar-refractivity contribution in [3.8, 4) is 0 Å². The molecule has 1 atom stereocenters. The van der Waals surface area contributed by atoms with E-state index in [1.807, 2.05) is 0 Å². The van der Waals surface area contributed by atoms with E-state index in [1.165, 1.54) is 0 Å². The summed E-state index contributed by atoms with van der Waals surface area (Å²) >= 11 is 0. The molecule has 1 heterocycles. The average Bonchev–Trinajstić information content (AvgIpc) is 2.54. The average molecular weight is 369 g/mol. The van der Waals surface area contributed by atoms with Gasteiger partial charge in [-0.05, 0) is 39.0 Å². The number of rotatable bonds is 2. The van der Waals surface area contributed by atoms with Crippen LogP contribution in [0.3, 0.4) is 0 Å². The molecule has 0 aliphatic carbocycles. The first-order valence-electron chi connectivity index (χ1n) is 7.97. The van der Waals surface area contributed by atoms with E-state index in [0.717, 1.165) is 30.2 Å². The molecule has 0 radical (unpaired) electrons. The van der Waals surface area contributed by atoms with Gasteiger partial charge in [0, 0.05) is 12.0 Å². The number of carbonyl (C=O) groups excluding carboxylic acids is 2. The molecule has 142 valence electrons. The molecule has 1 aromatic rings. The Labute approximate surface area is 150 Å². The van der Waals surface area contributed by atoms with Crippen LogP contribution in [0.4, 0.5) is 13.6 Å². The van der Waals surface area contributed by atoms with Crippen LogP contribution in [0.5, 0.6) is 0 Å². The first-order valence-corrected chi connectivity index (χ1v) is 7.97.